The Balaban J connectivity index is 1.51. The zero-order valence-corrected chi connectivity index (χ0v) is 17.2. The Kier molecular flexibility index (Phi) is 6.50. The van der Waals surface area contributed by atoms with Gasteiger partial charge in [-0.05, 0) is 66.6 Å². The molecule has 1 N–H and O–H groups in total. The van der Waals surface area contributed by atoms with Crippen molar-refractivity contribution in [1.29, 1.82) is 0 Å². The zero-order valence-electron chi connectivity index (χ0n) is 16.4. The van der Waals surface area contributed by atoms with Gasteiger partial charge in [0.15, 0.2) is 11.6 Å². The van der Waals surface area contributed by atoms with E-state index in [2.05, 4.69) is 15.2 Å². The number of piperidine rings is 1. The van der Waals surface area contributed by atoms with Crippen molar-refractivity contribution in [1.82, 2.24) is 15.2 Å². The third-order valence-corrected chi connectivity index (χ3v) is 6.31. The number of nitrogens with zero attached hydrogens (tertiary/aromatic N) is 2. The van der Waals surface area contributed by atoms with Gasteiger partial charge in [0.05, 0.1) is 16.6 Å². The molecule has 2 atom stereocenters. The molecular weight excluding hydrogens is 404 g/mol. The minimum atomic E-state index is -0.832. The highest BCUT2D eigenvalue weighted by Crippen LogP contribution is 2.30. The molecule has 1 aliphatic rings. The third-order valence-electron chi connectivity index (χ3n) is 5.44. The lowest BCUT2D eigenvalue weighted by Crippen LogP contribution is -2.43. The summed E-state index contributed by atoms with van der Waals surface area (Å²) in [6.07, 6.45) is 3.66. The van der Waals surface area contributed by atoms with Gasteiger partial charge in [-0.2, -0.15) is 0 Å². The third kappa shape index (κ3) is 4.91. The lowest BCUT2D eigenvalue weighted by Gasteiger charge is -2.37. The highest BCUT2D eigenvalue weighted by Gasteiger charge is 2.31. The number of benzene rings is 1. The molecule has 0 unspecified atom stereocenters. The molecule has 7 heteroatoms. The van der Waals surface area contributed by atoms with Crippen LogP contribution in [0, 0.1) is 17.6 Å². The van der Waals surface area contributed by atoms with Gasteiger partial charge >= 0.3 is 0 Å². The van der Waals surface area contributed by atoms with Crippen molar-refractivity contribution in [3.63, 3.8) is 0 Å². The number of carbonyl (C=O) groups is 1. The van der Waals surface area contributed by atoms with E-state index in [0.29, 0.717) is 11.4 Å². The second kappa shape index (κ2) is 9.45. The molecule has 4 nitrogen and oxygen atoms in total. The molecule has 2 aromatic heterocycles. The van der Waals surface area contributed by atoms with Gasteiger partial charge in [-0.1, -0.05) is 18.2 Å². The first-order valence-electron chi connectivity index (χ1n) is 10.0. The van der Waals surface area contributed by atoms with Crippen molar-refractivity contribution in [2.75, 3.05) is 13.1 Å². The van der Waals surface area contributed by atoms with Crippen LogP contribution in [0.2, 0.25) is 0 Å². The van der Waals surface area contributed by atoms with Gasteiger partial charge in [0.25, 0.3) is 5.91 Å². The Bertz CT molecular complexity index is 981. The van der Waals surface area contributed by atoms with E-state index < -0.39 is 11.6 Å². The van der Waals surface area contributed by atoms with E-state index >= 15 is 0 Å². The van der Waals surface area contributed by atoms with E-state index in [4.69, 9.17) is 0 Å². The van der Waals surface area contributed by atoms with E-state index in [1.807, 2.05) is 35.7 Å². The molecule has 1 aromatic carbocycles. The summed E-state index contributed by atoms with van der Waals surface area (Å²) in [7, 11) is 0. The van der Waals surface area contributed by atoms with Crippen molar-refractivity contribution in [3.05, 3.63) is 87.9 Å². The molecule has 4 rings (SSSR count). The monoisotopic (exact) mass is 427 g/mol. The van der Waals surface area contributed by atoms with Gasteiger partial charge in [0.2, 0.25) is 0 Å². The summed E-state index contributed by atoms with van der Waals surface area (Å²) in [6, 6.07) is 13.2. The van der Waals surface area contributed by atoms with Gasteiger partial charge in [-0.15, -0.1) is 11.3 Å². The average molecular weight is 428 g/mol. The summed E-state index contributed by atoms with van der Waals surface area (Å²) in [5.41, 5.74) is 1.58. The van der Waals surface area contributed by atoms with Crippen LogP contribution in [0.5, 0.6) is 0 Å². The molecule has 156 valence electrons. The number of nitrogens with one attached hydrogen (secondary N) is 1. The minimum absolute atomic E-state index is 0.0987. The van der Waals surface area contributed by atoms with E-state index in [1.165, 1.54) is 23.5 Å². The summed E-state index contributed by atoms with van der Waals surface area (Å²) in [5, 5.41) is 5.06. The van der Waals surface area contributed by atoms with Gasteiger partial charge in [0.1, 0.15) is 0 Å². The van der Waals surface area contributed by atoms with Crippen LogP contribution in [0.4, 0.5) is 8.78 Å². The molecule has 0 bridgehead atoms. The van der Waals surface area contributed by atoms with Crippen LogP contribution >= 0.6 is 11.3 Å². The first-order valence-corrected chi connectivity index (χ1v) is 10.9. The lowest BCUT2D eigenvalue weighted by molar-refractivity contribution is 0.0879. The van der Waals surface area contributed by atoms with Crippen LogP contribution in [-0.2, 0) is 6.54 Å². The quantitative estimate of drug-likeness (QED) is 0.614. The van der Waals surface area contributed by atoms with Gasteiger partial charge in [0, 0.05) is 19.3 Å². The molecule has 1 fully saturated rings. The second-order valence-corrected chi connectivity index (χ2v) is 8.52. The summed E-state index contributed by atoms with van der Waals surface area (Å²) in [6.45, 7) is 2.16. The number of rotatable bonds is 6. The van der Waals surface area contributed by atoms with Crippen molar-refractivity contribution in [2.24, 2.45) is 5.92 Å². The van der Waals surface area contributed by atoms with Gasteiger partial charge in [-0.25, -0.2) is 8.78 Å². The SMILES string of the molecule is O=C(N[C@@H](c1ccccn1)[C@H]1CCCN(Cc2ccc(F)c(F)c2)C1)c1cccs1. The number of aromatic nitrogens is 1. The molecule has 1 aliphatic heterocycles. The van der Waals surface area contributed by atoms with Crippen LogP contribution in [-0.4, -0.2) is 28.9 Å². The van der Waals surface area contributed by atoms with Crippen molar-refractivity contribution >= 4 is 17.2 Å². The Labute approximate surface area is 178 Å². The molecule has 0 spiro atoms. The first-order chi connectivity index (χ1) is 14.6. The normalized spacial score (nSPS) is 18.1. The predicted octanol–water partition coefficient (Wildman–Crippen LogP) is 4.80. The van der Waals surface area contributed by atoms with E-state index in [-0.39, 0.29) is 17.9 Å². The van der Waals surface area contributed by atoms with Crippen molar-refractivity contribution in [2.45, 2.75) is 25.4 Å². The molecule has 0 radical (unpaired) electrons. The van der Waals surface area contributed by atoms with Crippen LogP contribution in [0.1, 0.15) is 39.8 Å². The molecule has 1 amide bonds. The fourth-order valence-corrected chi connectivity index (χ4v) is 4.64. The molecule has 0 aliphatic carbocycles. The largest absolute Gasteiger partial charge is 0.343 e. The maximum atomic E-state index is 13.6. The number of thiophene rings is 1. The molecule has 3 heterocycles. The van der Waals surface area contributed by atoms with Crippen LogP contribution in [0.25, 0.3) is 0 Å². The topological polar surface area (TPSA) is 45.2 Å². The standard InChI is InChI=1S/C23H23F2N3OS/c24-18-9-8-16(13-19(18)25)14-28-11-3-5-17(15-28)22(20-6-1-2-10-26-20)27-23(29)21-7-4-12-30-21/h1-2,4,6-10,12-13,17,22H,3,5,11,14-15H2,(H,27,29)/t17-,22+/m0/s1. The summed E-state index contributed by atoms with van der Waals surface area (Å²) in [4.78, 5) is 20.2. The maximum absolute atomic E-state index is 13.6. The summed E-state index contributed by atoms with van der Waals surface area (Å²) in [5.74, 6) is -1.58. The molecule has 1 saturated heterocycles. The zero-order chi connectivity index (χ0) is 20.9. The number of halogens is 2. The highest BCUT2D eigenvalue weighted by molar-refractivity contribution is 7.12. The first kappa shape index (κ1) is 20.6. The highest BCUT2D eigenvalue weighted by atomic mass is 32.1. The van der Waals surface area contributed by atoms with Crippen LogP contribution in [0.15, 0.2) is 60.1 Å². The second-order valence-electron chi connectivity index (χ2n) is 7.57. The number of hydrogen-bond donors (Lipinski definition) is 1. The minimum Gasteiger partial charge on any atom is -0.343 e. The molecular formula is C23H23F2N3OS. The summed E-state index contributed by atoms with van der Waals surface area (Å²) < 4.78 is 26.8. The number of likely N-dealkylation sites (tertiary alicyclic amines) is 1. The van der Waals surface area contributed by atoms with E-state index in [1.54, 1.807) is 12.3 Å². The Morgan fingerprint density at radius 1 is 1.20 bits per heavy atom. The lowest BCUT2D eigenvalue weighted by atomic mass is 9.88. The maximum Gasteiger partial charge on any atom is 0.261 e. The number of amides is 1. The van der Waals surface area contributed by atoms with Crippen molar-refractivity contribution < 1.29 is 13.6 Å². The van der Waals surface area contributed by atoms with Crippen molar-refractivity contribution in [3.8, 4) is 0 Å². The van der Waals surface area contributed by atoms with E-state index in [0.717, 1.165) is 37.2 Å². The Morgan fingerprint density at radius 3 is 2.83 bits per heavy atom. The van der Waals surface area contributed by atoms with Crippen LogP contribution in [0.3, 0.4) is 0 Å². The molecule has 3 aromatic rings. The Hall–Kier alpha value is -2.64. The van der Waals surface area contributed by atoms with Gasteiger partial charge in [-0.3, -0.25) is 14.7 Å². The van der Waals surface area contributed by atoms with Crippen LogP contribution < -0.4 is 5.32 Å². The average Bonchev–Trinajstić information content (AvgIpc) is 3.30. The van der Waals surface area contributed by atoms with Gasteiger partial charge < -0.3 is 5.32 Å². The molecule has 30 heavy (non-hydrogen) atoms. The Morgan fingerprint density at radius 2 is 2.10 bits per heavy atom. The number of carbonyl (C=O) groups excluding carboxylic acids is 1. The summed E-state index contributed by atoms with van der Waals surface area (Å²) >= 11 is 1.41. The van der Waals surface area contributed by atoms with E-state index in [9.17, 15) is 13.6 Å². The molecule has 0 saturated carbocycles. The number of hydrogen-bond acceptors (Lipinski definition) is 4. The fraction of sp³-hybridized carbons (Fsp3) is 0.304. The number of pyridine rings is 1. The fourth-order valence-electron chi connectivity index (χ4n) is 4.02. The predicted molar refractivity (Wildman–Crippen MR) is 113 cm³/mol. The smallest absolute Gasteiger partial charge is 0.261 e.